The van der Waals surface area contributed by atoms with Crippen LogP contribution in [0.1, 0.15) is 31.4 Å². The molecular formula is C11H12N2O. The monoisotopic (exact) mass is 188 g/mol. The lowest BCUT2D eigenvalue weighted by atomic mass is 10.0. The molecule has 0 atom stereocenters. The van der Waals surface area contributed by atoms with E-state index < -0.39 is 0 Å². The Bertz CT molecular complexity index is 385. The van der Waals surface area contributed by atoms with Gasteiger partial charge in [0.15, 0.2) is 0 Å². The van der Waals surface area contributed by atoms with Gasteiger partial charge in [-0.15, -0.1) is 0 Å². The highest BCUT2D eigenvalue weighted by Gasteiger charge is 2.27. The van der Waals surface area contributed by atoms with Crippen molar-refractivity contribution in [3.63, 3.8) is 0 Å². The molecule has 0 spiro atoms. The van der Waals surface area contributed by atoms with Crippen LogP contribution in [-0.2, 0) is 0 Å². The van der Waals surface area contributed by atoms with Crippen molar-refractivity contribution in [2.75, 3.05) is 0 Å². The molecule has 14 heavy (non-hydrogen) atoms. The minimum atomic E-state index is 0.845. The number of nitrogens with zero attached hydrogens (tertiary/aromatic N) is 2. The van der Waals surface area contributed by atoms with Crippen LogP contribution in [0.15, 0.2) is 33.6 Å². The van der Waals surface area contributed by atoms with Crippen LogP contribution in [0.25, 0.3) is 0 Å². The SMILES string of the molecule is C1=C(C2CC2)CCC(c2ccon2)=N1. The molecule has 0 unspecified atom stereocenters. The maximum Gasteiger partial charge on any atom is 0.128 e. The zero-order valence-corrected chi connectivity index (χ0v) is 7.94. The van der Waals surface area contributed by atoms with E-state index in [2.05, 4.69) is 10.1 Å². The van der Waals surface area contributed by atoms with Crippen LogP contribution in [-0.4, -0.2) is 10.9 Å². The van der Waals surface area contributed by atoms with Gasteiger partial charge in [0.1, 0.15) is 12.0 Å². The number of rotatable bonds is 2. The molecule has 1 saturated carbocycles. The van der Waals surface area contributed by atoms with E-state index >= 15 is 0 Å². The van der Waals surface area contributed by atoms with Gasteiger partial charge in [0.25, 0.3) is 0 Å². The highest BCUT2D eigenvalue weighted by Crippen LogP contribution is 2.39. The Morgan fingerprint density at radius 3 is 2.79 bits per heavy atom. The minimum Gasteiger partial charge on any atom is -0.364 e. The van der Waals surface area contributed by atoms with Gasteiger partial charge in [-0.25, -0.2) is 0 Å². The molecule has 2 aliphatic rings. The number of aliphatic imine (C=N–C) groups is 1. The fraction of sp³-hybridized carbons (Fsp3) is 0.455. The molecule has 1 aliphatic heterocycles. The van der Waals surface area contributed by atoms with Gasteiger partial charge in [-0.05, 0) is 37.2 Å². The van der Waals surface area contributed by atoms with E-state index in [0.717, 1.165) is 30.2 Å². The Balaban J connectivity index is 1.83. The Kier molecular flexibility index (Phi) is 1.76. The molecule has 0 radical (unpaired) electrons. The van der Waals surface area contributed by atoms with E-state index in [1.807, 2.05) is 12.3 Å². The lowest BCUT2D eigenvalue weighted by Gasteiger charge is -2.10. The number of hydrogen-bond donors (Lipinski definition) is 0. The number of hydrogen-bond acceptors (Lipinski definition) is 3. The Hall–Kier alpha value is -1.38. The molecule has 1 fully saturated rings. The summed E-state index contributed by atoms with van der Waals surface area (Å²) in [5.41, 5.74) is 3.47. The zero-order chi connectivity index (χ0) is 9.38. The average Bonchev–Trinajstić information content (AvgIpc) is 2.94. The van der Waals surface area contributed by atoms with Crippen LogP contribution < -0.4 is 0 Å². The molecule has 0 aromatic carbocycles. The molecular weight excluding hydrogens is 176 g/mol. The summed E-state index contributed by atoms with van der Waals surface area (Å²) in [6.45, 7) is 0. The normalized spacial score (nSPS) is 21.7. The van der Waals surface area contributed by atoms with E-state index in [1.54, 1.807) is 6.26 Å². The smallest absolute Gasteiger partial charge is 0.128 e. The van der Waals surface area contributed by atoms with Gasteiger partial charge < -0.3 is 4.52 Å². The van der Waals surface area contributed by atoms with Crippen molar-refractivity contribution < 1.29 is 4.52 Å². The molecule has 0 bridgehead atoms. The van der Waals surface area contributed by atoms with Gasteiger partial charge in [0.05, 0.1) is 5.71 Å². The van der Waals surface area contributed by atoms with Gasteiger partial charge in [-0.1, -0.05) is 5.16 Å². The molecule has 1 aromatic heterocycles. The predicted octanol–water partition coefficient (Wildman–Crippen LogP) is 2.55. The summed E-state index contributed by atoms with van der Waals surface area (Å²) in [4.78, 5) is 4.45. The topological polar surface area (TPSA) is 38.4 Å². The van der Waals surface area contributed by atoms with Crippen LogP contribution in [0.5, 0.6) is 0 Å². The highest BCUT2D eigenvalue weighted by molar-refractivity contribution is 5.99. The van der Waals surface area contributed by atoms with E-state index in [4.69, 9.17) is 4.52 Å². The molecule has 0 N–H and O–H groups in total. The third-order valence-electron chi connectivity index (χ3n) is 2.87. The molecule has 1 aliphatic carbocycles. The third-order valence-corrected chi connectivity index (χ3v) is 2.87. The van der Waals surface area contributed by atoms with Crippen molar-refractivity contribution in [1.29, 1.82) is 0 Å². The summed E-state index contributed by atoms with van der Waals surface area (Å²) in [7, 11) is 0. The summed E-state index contributed by atoms with van der Waals surface area (Å²) in [6.07, 6.45) is 8.51. The lowest BCUT2D eigenvalue weighted by molar-refractivity contribution is 0.418. The molecule has 2 heterocycles. The Morgan fingerprint density at radius 2 is 2.21 bits per heavy atom. The second-order valence-corrected chi connectivity index (χ2v) is 3.94. The van der Waals surface area contributed by atoms with E-state index in [-0.39, 0.29) is 0 Å². The third kappa shape index (κ3) is 1.39. The van der Waals surface area contributed by atoms with Gasteiger partial charge in [0.2, 0.25) is 0 Å². The summed E-state index contributed by atoms with van der Waals surface area (Å²) < 4.78 is 4.80. The zero-order valence-electron chi connectivity index (χ0n) is 7.94. The fourth-order valence-electron chi connectivity index (χ4n) is 1.87. The van der Waals surface area contributed by atoms with Crippen LogP contribution in [0.2, 0.25) is 0 Å². The van der Waals surface area contributed by atoms with Crippen molar-refractivity contribution in [1.82, 2.24) is 5.16 Å². The first-order valence-corrected chi connectivity index (χ1v) is 5.10. The summed E-state index contributed by atoms with van der Waals surface area (Å²) in [5, 5.41) is 3.89. The number of allylic oxidation sites excluding steroid dienone is 1. The van der Waals surface area contributed by atoms with Gasteiger partial charge in [0, 0.05) is 12.3 Å². The van der Waals surface area contributed by atoms with Crippen molar-refractivity contribution in [3.8, 4) is 0 Å². The van der Waals surface area contributed by atoms with Gasteiger partial charge in [-0.3, -0.25) is 4.99 Å². The maximum absolute atomic E-state index is 4.80. The molecule has 72 valence electrons. The molecule has 0 saturated heterocycles. The van der Waals surface area contributed by atoms with E-state index in [9.17, 15) is 0 Å². The van der Waals surface area contributed by atoms with Crippen molar-refractivity contribution in [2.45, 2.75) is 25.7 Å². The Labute approximate surface area is 82.5 Å². The van der Waals surface area contributed by atoms with Crippen LogP contribution in [0.3, 0.4) is 0 Å². The molecule has 1 aromatic rings. The first-order valence-electron chi connectivity index (χ1n) is 5.10. The lowest BCUT2D eigenvalue weighted by Crippen LogP contribution is -2.06. The van der Waals surface area contributed by atoms with Gasteiger partial charge in [-0.2, -0.15) is 0 Å². The Morgan fingerprint density at radius 1 is 1.29 bits per heavy atom. The summed E-state index contributed by atoms with van der Waals surface area (Å²) in [5.74, 6) is 0.845. The highest BCUT2D eigenvalue weighted by atomic mass is 16.5. The first kappa shape index (κ1) is 7.97. The molecule has 0 amide bonds. The standard InChI is InChI=1S/C11H12N2O/c1-2-8(1)9-3-4-10(12-7-9)11-5-6-14-13-11/h5-8H,1-4H2. The van der Waals surface area contributed by atoms with Crippen molar-refractivity contribution >= 4 is 5.71 Å². The number of aromatic nitrogens is 1. The first-order chi connectivity index (χ1) is 6.93. The largest absolute Gasteiger partial charge is 0.364 e. The summed E-state index contributed by atoms with van der Waals surface area (Å²) in [6, 6.07) is 1.87. The van der Waals surface area contributed by atoms with Crippen LogP contribution >= 0.6 is 0 Å². The van der Waals surface area contributed by atoms with E-state index in [1.165, 1.54) is 18.4 Å². The predicted molar refractivity (Wildman–Crippen MR) is 53.1 cm³/mol. The molecule has 3 nitrogen and oxygen atoms in total. The second-order valence-electron chi connectivity index (χ2n) is 3.94. The van der Waals surface area contributed by atoms with Crippen molar-refractivity contribution in [3.05, 3.63) is 29.8 Å². The minimum absolute atomic E-state index is 0.845. The van der Waals surface area contributed by atoms with Crippen molar-refractivity contribution in [2.24, 2.45) is 10.9 Å². The summed E-state index contributed by atoms with van der Waals surface area (Å²) >= 11 is 0. The quantitative estimate of drug-likeness (QED) is 0.715. The maximum atomic E-state index is 4.80. The second kappa shape index (κ2) is 3.08. The van der Waals surface area contributed by atoms with Crippen LogP contribution in [0.4, 0.5) is 0 Å². The average molecular weight is 188 g/mol. The van der Waals surface area contributed by atoms with Gasteiger partial charge >= 0.3 is 0 Å². The van der Waals surface area contributed by atoms with Crippen LogP contribution in [0, 0.1) is 5.92 Å². The fourth-order valence-corrected chi connectivity index (χ4v) is 1.87. The van der Waals surface area contributed by atoms with E-state index in [0.29, 0.717) is 0 Å². The molecule has 3 rings (SSSR count). The molecule has 3 heteroatoms.